The maximum atomic E-state index is 12.0. The third kappa shape index (κ3) is 4.13. The fourth-order valence-electron chi connectivity index (χ4n) is 1.87. The fraction of sp³-hybridized carbons (Fsp3) is 0.818. The molecule has 1 fully saturated rings. The van der Waals surface area contributed by atoms with Crippen LogP contribution in [0, 0.1) is 5.92 Å². The van der Waals surface area contributed by atoms with Crippen molar-refractivity contribution < 1.29 is 10.0 Å². The van der Waals surface area contributed by atoms with E-state index in [1.54, 1.807) is 11.9 Å². The van der Waals surface area contributed by atoms with Crippen molar-refractivity contribution >= 4 is 11.9 Å². The van der Waals surface area contributed by atoms with Crippen LogP contribution in [0.4, 0.5) is 4.79 Å². The molecule has 0 aromatic heterocycles. The first-order chi connectivity index (χ1) is 8.04. The summed E-state index contributed by atoms with van der Waals surface area (Å²) in [5.41, 5.74) is 5.37. The Balaban J connectivity index is 2.36. The molecule has 1 aliphatic rings. The third-order valence-electron chi connectivity index (χ3n) is 3.21. The number of piperidine rings is 1. The van der Waals surface area contributed by atoms with Gasteiger partial charge in [-0.2, -0.15) is 0 Å². The Morgan fingerprint density at radius 3 is 2.65 bits per heavy atom. The third-order valence-corrected chi connectivity index (χ3v) is 3.21. The molecular weight excluding hydrogens is 220 g/mol. The molecule has 1 saturated heterocycles. The second-order valence-electron chi connectivity index (χ2n) is 4.72. The molecule has 1 aliphatic heterocycles. The standard InChI is InChI=1S/C11H22N4O2/c1-9-3-7-15(8-4-9)11(16)14(2)6-5-10(12)13-17/h9,17H,3-8H2,1-2H3,(H2,12,13). The first-order valence-electron chi connectivity index (χ1n) is 6.01. The lowest BCUT2D eigenvalue weighted by molar-refractivity contribution is 0.144. The molecule has 0 unspecified atom stereocenters. The second-order valence-corrected chi connectivity index (χ2v) is 4.72. The van der Waals surface area contributed by atoms with Gasteiger partial charge in [-0.1, -0.05) is 12.1 Å². The fourth-order valence-corrected chi connectivity index (χ4v) is 1.87. The lowest BCUT2D eigenvalue weighted by Crippen LogP contribution is -2.45. The summed E-state index contributed by atoms with van der Waals surface area (Å²) in [7, 11) is 1.74. The topological polar surface area (TPSA) is 82.2 Å². The summed E-state index contributed by atoms with van der Waals surface area (Å²) in [5.74, 6) is 0.860. The average Bonchev–Trinajstić information content (AvgIpc) is 2.35. The van der Waals surface area contributed by atoms with Crippen molar-refractivity contribution in [3.8, 4) is 0 Å². The van der Waals surface area contributed by atoms with Gasteiger partial charge in [-0.15, -0.1) is 0 Å². The monoisotopic (exact) mass is 242 g/mol. The highest BCUT2D eigenvalue weighted by molar-refractivity contribution is 5.80. The molecule has 1 rings (SSSR count). The number of hydrogen-bond acceptors (Lipinski definition) is 3. The lowest BCUT2D eigenvalue weighted by Gasteiger charge is -2.33. The Labute approximate surface area is 102 Å². The van der Waals surface area contributed by atoms with E-state index in [1.807, 2.05) is 4.90 Å². The zero-order chi connectivity index (χ0) is 12.8. The highest BCUT2D eigenvalue weighted by atomic mass is 16.4. The van der Waals surface area contributed by atoms with Crippen molar-refractivity contribution in [3.63, 3.8) is 0 Å². The summed E-state index contributed by atoms with van der Waals surface area (Å²) in [6.07, 6.45) is 2.53. The van der Waals surface area contributed by atoms with Crippen LogP contribution in [0.1, 0.15) is 26.2 Å². The largest absolute Gasteiger partial charge is 0.409 e. The van der Waals surface area contributed by atoms with Gasteiger partial charge < -0.3 is 20.7 Å². The van der Waals surface area contributed by atoms with Crippen LogP contribution in [-0.4, -0.2) is 53.6 Å². The first kappa shape index (κ1) is 13.6. The minimum atomic E-state index is 0.0302. The molecule has 98 valence electrons. The summed E-state index contributed by atoms with van der Waals surface area (Å²) >= 11 is 0. The zero-order valence-corrected chi connectivity index (χ0v) is 10.6. The molecule has 3 N–H and O–H groups in total. The molecule has 0 spiro atoms. The van der Waals surface area contributed by atoms with Crippen LogP contribution in [0.3, 0.4) is 0 Å². The predicted molar refractivity (Wildman–Crippen MR) is 66.0 cm³/mol. The molecule has 0 aliphatic carbocycles. The maximum absolute atomic E-state index is 12.0. The molecule has 6 heteroatoms. The lowest BCUT2D eigenvalue weighted by atomic mass is 10.00. The Morgan fingerprint density at radius 2 is 2.12 bits per heavy atom. The van der Waals surface area contributed by atoms with E-state index in [-0.39, 0.29) is 11.9 Å². The molecule has 6 nitrogen and oxygen atoms in total. The van der Waals surface area contributed by atoms with E-state index < -0.39 is 0 Å². The molecule has 0 bridgehead atoms. The summed E-state index contributed by atoms with van der Waals surface area (Å²) in [4.78, 5) is 15.5. The molecule has 0 atom stereocenters. The first-order valence-corrected chi connectivity index (χ1v) is 6.01. The van der Waals surface area contributed by atoms with E-state index in [0.29, 0.717) is 18.9 Å². The molecule has 0 radical (unpaired) electrons. The molecule has 2 amide bonds. The Kier molecular flexibility index (Phi) is 5.06. The number of nitrogens with zero attached hydrogens (tertiary/aromatic N) is 3. The van der Waals surface area contributed by atoms with Gasteiger partial charge in [0.25, 0.3) is 0 Å². The number of amides is 2. The summed E-state index contributed by atoms with van der Waals surface area (Å²) < 4.78 is 0. The minimum Gasteiger partial charge on any atom is -0.409 e. The SMILES string of the molecule is CC1CCN(C(=O)N(C)CCC(N)=NO)CC1. The van der Waals surface area contributed by atoms with Gasteiger partial charge in [-0.05, 0) is 18.8 Å². The smallest absolute Gasteiger partial charge is 0.319 e. The predicted octanol–water partition coefficient (Wildman–Crippen LogP) is 0.907. The van der Waals surface area contributed by atoms with E-state index in [0.717, 1.165) is 25.9 Å². The number of oxime groups is 1. The highest BCUT2D eigenvalue weighted by Gasteiger charge is 2.22. The van der Waals surface area contributed by atoms with Crippen molar-refractivity contribution in [1.82, 2.24) is 9.80 Å². The van der Waals surface area contributed by atoms with Crippen LogP contribution in [0.5, 0.6) is 0 Å². The van der Waals surface area contributed by atoms with E-state index >= 15 is 0 Å². The number of hydrogen-bond donors (Lipinski definition) is 2. The van der Waals surface area contributed by atoms with Gasteiger partial charge in [-0.25, -0.2) is 4.79 Å². The zero-order valence-electron chi connectivity index (χ0n) is 10.6. The molecule has 0 aromatic rings. The van der Waals surface area contributed by atoms with Crippen LogP contribution < -0.4 is 5.73 Å². The quantitative estimate of drug-likeness (QED) is 0.334. The number of likely N-dealkylation sites (tertiary alicyclic amines) is 1. The van der Waals surface area contributed by atoms with Crippen molar-refractivity contribution in [3.05, 3.63) is 0 Å². The number of nitrogens with two attached hydrogens (primary N) is 1. The van der Waals surface area contributed by atoms with Gasteiger partial charge in [0, 0.05) is 33.1 Å². The van der Waals surface area contributed by atoms with E-state index in [4.69, 9.17) is 10.9 Å². The van der Waals surface area contributed by atoms with E-state index in [1.165, 1.54) is 0 Å². The van der Waals surface area contributed by atoms with Crippen LogP contribution in [0.2, 0.25) is 0 Å². The number of urea groups is 1. The molecule has 1 heterocycles. The molecular formula is C11H22N4O2. The summed E-state index contributed by atoms with van der Waals surface area (Å²) in [5, 5.41) is 11.3. The van der Waals surface area contributed by atoms with Gasteiger partial charge in [0.2, 0.25) is 0 Å². The Hall–Kier alpha value is -1.46. The van der Waals surface area contributed by atoms with Gasteiger partial charge in [0.05, 0.1) is 0 Å². The van der Waals surface area contributed by atoms with Gasteiger partial charge in [-0.3, -0.25) is 0 Å². The normalized spacial score (nSPS) is 18.2. The molecule has 17 heavy (non-hydrogen) atoms. The van der Waals surface area contributed by atoms with E-state index in [2.05, 4.69) is 12.1 Å². The van der Waals surface area contributed by atoms with Gasteiger partial charge >= 0.3 is 6.03 Å². The van der Waals surface area contributed by atoms with Crippen molar-refractivity contribution in [2.24, 2.45) is 16.8 Å². The summed E-state index contributed by atoms with van der Waals surface area (Å²) in [6.45, 7) is 4.34. The number of carbonyl (C=O) groups is 1. The summed E-state index contributed by atoms with van der Waals surface area (Å²) in [6, 6.07) is 0.0302. The maximum Gasteiger partial charge on any atom is 0.319 e. The van der Waals surface area contributed by atoms with Crippen molar-refractivity contribution in [2.45, 2.75) is 26.2 Å². The van der Waals surface area contributed by atoms with Crippen LogP contribution >= 0.6 is 0 Å². The van der Waals surface area contributed by atoms with Crippen LogP contribution in [-0.2, 0) is 0 Å². The van der Waals surface area contributed by atoms with Gasteiger partial charge in [0.15, 0.2) is 0 Å². The number of carbonyl (C=O) groups excluding carboxylic acids is 1. The number of rotatable bonds is 3. The Bertz CT molecular complexity index is 285. The average molecular weight is 242 g/mol. The molecule has 0 saturated carbocycles. The highest BCUT2D eigenvalue weighted by Crippen LogP contribution is 2.16. The number of amidine groups is 1. The Morgan fingerprint density at radius 1 is 1.53 bits per heavy atom. The van der Waals surface area contributed by atoms with Crippen LogP contribution in [0.15, 0.2) is 5.16 Å². The second kappa shape index (κ2) is 6.32. The van der Waals surface area contributed by atoms with Crippen molar-refractivity contribution in [2.75, 3.05) is 26.7 Å². The van der Waals surface area contributed by atoms with Crippen LogP contribution in [0.25, 0.3) is 0 Å². The molecule has 0 aromatic carbocycles. The van der Waals surface area contributed by atoms with E-state index in [9.17, 15) is 4.79 Å². The van der Waals surface area contributed by atoms with Crippen molar-refractivity contribution in [1.29, 1.82) is 0 Å². The minimum absolute atomic E-state index is 0.0302. The van der Waals surface area contributed by atoms with Gasteiger partial charge in [0.1, 0.15) is 5.84 Å².